The molecule has 2 heterocycles. The lowest BCUT2D eigenvalue weighted by molar-refractivity contribution is -0.121. The van der Waals surface area contributed by atoms with Gasteiger partial charge in [0.1, 0.15) is 30.7 Å². The quantitative estimate of drug-likeness (QED) is 0.295. The highest BCUT2D eigenvalue weighted by Gasteiger charge is 2.48. The molecule has 5 rings (SSSR count). The molecule has 0 saturated heterocycles. The van der Waals surface area contributed by atoms with Crippen molar-refractivity contribution in [2.24, 2.45) is 0 Å². The second-order valence-corrected chi connectivity index (χ2v) is 11.6. The van der Waals surface area contributed by atoms with Crippen molar-refractivity contribution in [3.63, 3.8) is 0 Å². The minimum atomic E-state index is -1.60. The van der Waals surface area contributed by atoms with E-state index in [2.05, 4.69) is 23.3 Å². The Morgan fingerprint density at radius 3 is 2.35 bits per heavy atom. The molecule has 7 heteroatoms. The van der Waals surface area contributed by atoms with Crippen LogP contribution in [0.2, 0.25) is 0 Å². The first kappa shape index (κ1) is 28.3. The van der Waals surface area contributed by atoms with E-state index in [1.807, 2.05) is 12.1 Å². The Balaban J connectivity index is 1.45. The summed E-state index contributed by atoms with van der Waals surface area (Å²) in [7, 11) is 0. The van der Waals surface area contributed by atoms with Gasteiger partial charge in [0.15, 0.2) is 11.6 Å². The van der Waals surface area contributed by atoms with Crippen LogP contribution in [0, 0.1) is 0 Å². The van der Waals surface area contributed by atoms with Crippen LogP contribution in [0.1, 0.15) is 87.8 Å². The van der Waals surface area contributed by atoms with Crippen LogP contribution in [0.5, 0.6) is 11.5 Å². The van der Waals surface area contributed by atoms with E-state index in [4.69, 9.17) is 0 Å². The number of unbranched alkanes of at least 4 members (excludes halogenated alkanes) is 6. The molecule has 3 aliphatic rings. The second-order valence-electron chi connectivity index (χ2n) is 11.6. The van der Waals surface area contributed by atoms with Crippen LogP contribution < -0.4 is 20.1 Å². The summed E-state index contributed by atoms with van der Waals surface area (Å²) in [6.45, 7) is 7.79. The number of aliphatic hydroxyl groups excluding tert-OH is 1. The lowest BCUT2D eigenvalue weighted by Crippen LogP contribution is -2.29. The molecule has 3 N–H and O–H groups in total. The Morgan fingerprint density at radius 1 is 0.850 bits per heavy atom. The summed E-state index contributed by atoms with van der Waals surface area (Å²) in [6.07, 6.45) is 8.97. The Labute approximate surface area is 236 Å². The Kier molecular flexibility index (Phi) is 8.60. The third-order valence-corrected chi connectivity index (χ3v) is 9.02. The SMILES string of the molecule is CCCCCCN1CCc2c1ccc(C1C(=O)C(=c3ccc4c(c3O)CC[N+]=4CCCCCC)C(=O)C1O)c2O. The molecule has 0 bridgehead atoms. The molecule has 2 unspecified atom stereocenters. The number of ketones is 2. The Bertz CT molecular complexity index is 1430. The smallest absolute Gasteiger partial charge is 0.207 e. The van der Waals surface area contributed by atoms with Crippen molar-refractivity contribution in [2.45, 2.75) is 90.1 Å². The molecule has 0 spiro atoms. The van der Waals surface area contributed by atoms with Gasteiger partial charge in [0, 0.05) is 54.0 Å². The van der Waals surface area contributed by atoms with Crippen LogP contribution >= 0.6 is 0 Å². The summed E-state index contributed by atoms with van der Waals surface area (Å²) in [4.78, 5) is 29.2. The molecular weight excluding hydrogens is 504 g/mol. The number of anilines is 1. The van der Waals surface area contributed by atoms with Gasteiger partial charge in [-0.1, -0.05) is 52.0 Å². The monoisotopic (exact) mass is 547 g/mol. The van der Waals surface area contributed by atoms with E-state index < -0.39 is 23.6 Å². The number of hydrogen-bond acceptors (Lipinski definition) is 6. The number of benzene rings is 2. The van der Waals surface area contributed by atoms with Crippen molar-refractivity contribution >= 4 is 22.8 Å². The number of hydrogen-bond donors (Lipinski definition) is 3. The number of carbonyl (C=O) groups excluding carboxylic acids is 2. The van der Waals surface area contributed by atoms with E-state index in [-0.39, 0.29) is 27.9 Å². The number of phenols is 2. The third-order valence-electron chi connectivity index (χ3n) is 9.02. The van der Waals surface area contributed by atoms with Gasteiger partial charge in [0.25, 0.3) is 0 Å². The molecule has 0 amide bonds. The average molecular weight is 548 g/mol. The van der Waals surface area contributed by atoms with E-state index in [0.29, 0.717) is 12.8 Å². The van der Waals surface area contributed by atoms with Crippen LogP contribution in [0.3, 0.4) is 0 Å². The lowest BCUT2D eigenvalue weighted by atomic mass is 9.91. The second kappa shape index (κ2) is 12.1. The highest BCUT2D eigenvalue weighted by Crippen LogP contribution is 2.44. The van der Waals surface area contributed by atoms with Crippen LogP contribution in [-0.2, 0) is 22.4 Å². The number of nitrogens with zero attached hydrogens (tertiary/aromatic N) is 2. The van der Waals surface area contributed by atoms with Gasteiger partial charge in [-0.2, -0.15) is 0 Å². The summed E-state index contributed by atoms with van der Waals surface area (Å²) in [5, 5.41) is 34.5. The molecule has 2 aliphatic heterocycles. The van der Waals surface area contributed by atoms with Gasteiger partial charge in [-0.15, -0.1) is 0 Å². The van der Waals surface area contributed by atoms with E-state index >= 15 is 0 Å². The molecule has 1 aliphatic carbocycles. The van der Waals surface area contributed by atoms with Gasteiger partial charge >= 0.3 is 0 Å². The fourth-order valence-electron chi connectivity index (χ4n) is 6.76. The van der Waals surface area contributed by atoms with Gasteiger partial charge in [0.2, 0.25) is 5.36 Å². The lowest BCUT2D eigenvalue weighted by Gasteiger charge is -2.21. The zero-order valence-corrected chi connectivity index (χ0v) is 23.9. The number of phenolic OH excluding ortho intramolecular Hbond substituents is 2. The van der Waals surface area contributed by atoms with Gasteiger partial charge in [-0.05, 0) is 31.4 Å². The topological polar surface area (TPSA) is 101 Å². The van der Waals surface area contributed by atoms with Gasteiger partial charge in [-0.3, -0.25) is 9.59 Å². The van der Waals surface area contributed by atoms with E-state index in [9.17, 15) is 24.9 Å². The molecule has 7 nitrogen and oxygen atoms in total. The van der Waals surface area contributed by atoms with Crippen molar-refractivity contribution in [1.82, 2.24) is 4.58 Å². The standard InChI is InChI=1S/C33H42N2O5/c1-3-5-7-9-17-34-19-15-21-25(34)13-11-23(29(21)36)27-31(38)28(33(40)32(27)39)24-12-14-26-22(30(24)37)16-20-35(26)18-10-8-6-4-2/h11-14,27,32,36,39H,3-10,15-20H2,1-2H3/p+1. The molecule has 0 aromatic heterocycles. The van der Waals surface area contributed by atoms with Crippen LogP contribution in [0.25, 0.3) is 5.57 Å². The summed E-state index contributed by atoms with van der Waals surface area (Å²) in [5.74, 6) is -2.48. The first-order chi connectivity index (χ1) is 19.4. The summed E-state index contributed by atoms with van der Waals surface area (Å²) >= 11 is 0. The fourth-order valence-corrected chi connectivity index (χ4v) is 6.76. The molecule has 2 aromatic rings. The number of rotatable bonds is 11. The zero-order chi connectivity index (χ0) is 28.4. The van der Waals surface area contributed by atoms with Gasteiger partial charge in [0.05, 0.1) is 17.1 Å². The average Bonchev–Trinajstić information content (AvgIpc) is 3.62. The largest absolute Gasteiger partial charge is 0.507 e. The molecule has 40 heavy (non-hydrogen) atoms. The maximum absolute atomic E-state index is 13.7. The maximum atomic E-state index is 13.7. The number of aromatic hydroxyl groups is 2. The molecular formula is C33H43N2O5+. The van der Waals surface area contributed by atoms with Crippen LogP contribution in [0.4, 0.5) is 5.69 Å². The Morgan fingerprint density at radius 2 is 1.60 bits per heavy atom. The predicted molar refractivity (Wildman–Crippen MR) is 157 cm³/mol. The summed E-state index contributed by atoms with van der Waals surface area (Å²) in [5.41, 5.74) is 2.60. The van der Waals surface area contributed by atoms with E-state index in [1.54, 1.807) is 12.1 Å². The van der Waals surface area contributed by atoms with Crippen molar-refractivity contribution in [3.05, 3.63) is 51.5 Å². The number of fused-ring (bicyclic) bond motifs is 2. The fraction of sp³-hybridized carbons (Fsp3) is 0.545. The molecule has 2 atom stereocenters. The Hall–Kier alpha value is -3.19. The molecule has 1 fully saturated rings. The van der Waals surface area contributed by atoms with Crippen LogP contribution in [-0.4, -0.2) is 59.2 Å². The van der Waals surface area contributed by atoms with Crippen LogP contribution in [0.15, 0.2) is 24.3 Å². The van der Waals surface area contributed by atoms with Crippen molar-refractivity contribution in [1.29, 1.82) is 0 Å². The number of carbonyl (C=O) groups is 2. The highest BCUT2D eigenvalue weighted by atomic mass is 16.3. The maximum Gasteiger partial charge on any atom is 0.207 e. The summed E-state index contributed by atoms with van der Waals surface area (Å²) < 4.78 is 2.25. The molecule has 0 radical (unpaired) electrons. The molecule has 1 saturated carbocycles. The van der Waals surface area contributed by atoms with E-state index in [1.165, 1.54) is 38.5 Å². The van der Waals surface area contributed by atoms with Gasteiger partial charge in [-0.25, -0.2) is 4.58 Å². The normalized spacial score (nSPS) is 21.5. The minimum Gasteiger partial charge on any atom is -0.507 e. The highest BCUT2D eigenvalue weighted by molar-refractivity contribution is 6.48. The van der Waals surface area contributed by atoms with Gasteiger partial charge < -0.3 is 20.2 Å². The van der Waals surface area contributed by atoms with Crippen molar-refractivity contribution in [2.75, 3.05) is 31.1 Å². The first-order valence-electron chi connectivity index (χ1n) is 15.2. The third kappa shape index (κ3) is 5.05. The zero-order valence-electron chi connectivity index (χ0n) is 23.9. The molecule has 2 aromatic carbocycles. The first-order valence-corrected chi connectivity index (χ1v) is 15.2. The molecule has 214 valence electrons. The van der Waals surface area contributed by atoms with E-state index in [0.717, 1.165) is 61.2 Å². The minimum absolute atomic E-state index is 0.00287. The van der Waals surface area contributed by atoms with Crippen molar-refractivity contribution in [3.8, 4) is 11.5 Å². The number of aliphatic hydroxyl groups is 1. The number of Topliss-reactive ketones (excluding diaryl/α,β-unsaturated/α-hetero) is 2. The summed E-state index contributed by atoms with van der Waals surface area (Å²) in [6, 6.07) is 7.10. The predicted octanol–water partition coefficient (Wildman–Crippen LogP) is 3.12. The van der Waals surface area contributed by atoms with Crippen molar-refractivity contribution < 1.29 is 24.9 Å².